The van der Waals surface area contributed by atoms with Gasteiger partial charge in [-0.25, -0.2) is 4.39 Å². The number of halogens is 1. The molecule has 1 fully saturated rings. The topological polar surface area (TPSA) is 55.6 Å². The highest BCUT2D eigenvalue weighted by molar-refractivity contribution is 5.80. The first kappa shape index (κ1) is 14.7. The lowest BCUT2D eigenvalue weighted by Gasteiger charge is -2.37. The van der Waals surface area contributed by atoms with Crippen LogP contribution in [0.2, 0.25) is 0 Å². The SMILES string of the molecule is C[C@H]1OCCN(C/C=C/c2ccc(F)cc2)[C@@H]1C(N)=O. The molecule has 1 aromatic carbocycles. The first-order valence-electron chi connectivity index (χ1n) is 6.65. The summed E-state index contributed by atoms with van der Waals surface area (Å²) < 4.78 is 18.2. The van der Waals surface area contributed by atoms with Crippen molar-refractivity contribution in [1.29, 1.82) is 0 Å². The number of hydrogen-bond acceptors (Lipinski definition) is 3. The Kier molecular flexibility index (Phi) is 4.87. The molecule has 0 bridgehead atoms. The first-order chi connectivity index (χ1) is 9.58. The number of morpholine rings is 1. The molecule has 20 heavy (non-hydrogen) atoms. The zero-order valence-corrected chi connectivity index (χ0v) is 11.5. The van der Waals surface area contributed by atoms with E-state index in [1.807, 2.05) is 24.0 Å². The zero-order valence-electron chi connectivity index (χ0n) is 11.5. The van der Waals surface area contributed by atoms with E-state index >= 15 is 0 Å². The van der Waals surface area contributed by atoms with E-state index in [9.17, 15) is 9.18 Å². The smallest absolute Gasteiger partial charge is 0.237 e. The predicted octanol–water partition coefficient (Wildman–Crippen LogP) is 1.41. The molecule has 0 unspecified atom stereocenters. The van der Waals surface area contributed by atoms with Gasteiger partial charge in [-0.05, 0) is 24.6 Å². The van der Waals surface area contributed by atoms with Gasteiger partial charge in [-0.1, -0.05) is 24.3 Å². The van der Waals surface area contributed by atoms with E-state index in [0.717, 1.165) is 5.56 Å². The number of carbonyl (C=O) groups excluding carboxylic acids is 1. The maximum atomic E-state index is 12.8. The molecule has 1 aliphatic rings. The minimum absolute atomic E-state index is 0.194. The summed E-state index contributed by atoms with van der Waals surface area (Å²) in [5, 5.41) is 0. The van der Waals surface area contributed by atoms with Gasteiger partial charge in [-0.15, -0.1) is 0 Å². The number of primary amides is 1. The Bertz CT molecular complexity index is 487. The molecule has 108 valence electrons. The lowest BCUT2D eigenvalue weighted by molar-refractivity contribution is -0.134. The van der Waals surface area contributed by atoms with Gasteiger partial charge in [0.1, 0.15) is 11.9 Å². The Hall–Kier alpha value is -1.72. The molecule has 0 aliphatic carbocycles. The molecule has 2 N–H and O–H groups in total. The zero-order chi connectivity index (χ0) is 14.5. The number of benzene rings is 1. The Morgan fingerprint density at radius 1 is 1.50 bits per heavy atom. The van der Waals surface area contributed by atoms with Crippen LogP contribution in [-0.4, -0.2) is 42.6 Å². The molecule has 2 atom stereocenters. The lowest BCUT2D eigenvalue weighted by atomic mass is 10.1. The van der Waals surface area contributed by atoms with Crippen LogP contribution in [0, 0.1) is 5.82 Å². The summed E-state index contributed by atoms with van der Waals surface area (Å²) in [5.74, 6) is -0.620. The van der Waals surface area contributed by atoms with Crippen molar-refractivity contribution in [2.24, 2.45) is 5.73 Å². The molecule has 5 heteroatoms. The molecule has 0 saturated carbocycles. The van der Waals surface area contributed by atoms with Gasteiger partial charge in [-0.2, -0.15) is 0 Å². The van der Waals surface area contributed by atoms with Crippen LogP contribution < -0.4 is 5.73 Å². The van der Waals surface area contributed by atoms with E-state index in [4.69, 9.17) is 10.5 Å². The number of ether oxygens (including phenoxy) is 1. The third-order valence-corrected chi connectivity index (χ3v) is 3.41. The monoisotopic (exact) mass is 278 g/mol. The van der Waals surface area contributed by atoms with Gasteiger partial charge in [0, 0.05) is 13.1 Å². The van der Waals surface area contributed by atoms with Crippen molar-refractivity contribution < 1.29 is 13.9 Å². The number of hydrogen-bond donors (Lipinski definition) is 1. The van der Waals surface area contributed by atoms with Gasteiger partial charge >= 0.3 is 0 Å². The van der Waals surface area contributed by atoms with Gasteiger partial charge in [0.15, 0.2) is 0 Å². The van der Waals surface area contributed by atoms with Crippen LogP contribution in [0.25, 0.3) is 6.08 Å². The van der Waals surface area contributed by atoms with Crippen LogP contribution in [-0.2, 0) is 9.53 Å². The third-order valence-electron chi connectivity index (χ3n) is 3.41. The molecule has 1 heterocycles. The highest BCUT2D eigenvalue weighted by Crippen LogP contribution is 2.14. The quantitative estimate of drug-likeness (QED) is 0.906. The second-order valence-corrected chi connectivity index (χ2v) is 4.87. The van der Waals surface area contributed by atoms with Crippen LogP contribution in [0.1, 0.15) is 12.5 Å². The van der Waals surface area contributed by atoms with Crippen molar-refractivity contribution in [2.45, 2.75) is 19.1 Å². The normalized spacial score (nSPS) is 24.1. The predicted molar refractivity (Wildman–Crippen MR) is 75.4 cm³/mol. The summed E-state index contributed by atoms with van der Waals surface area (Å²) in [4.78, 5) is 13.5. The Morgan fingerprint density at radius 3 is 2.85 bits per heavy atom. The summed E-state index contributed by atoms with van der Waals surface area (Å²) in [6, 6.07) is 5.85. The molecule has 2 rings (SSSR count). The number of rotatable bonds is 4. The number of carbonyl (C=O) groups is 1. The average Bonchev–Trinajstić information content (AvgIpc) is 2.40. The molecule has 0 spiro atoms. The minimum atomic E-state index is -0.401. The summed E-state index contributed by atoms with van der Waals surface area (Å²) in [5.41, 5.74) is 6.34. The fourth-order valence-electron chi connectivity index (χ4n) is 2.40. The van der Waals surface area contributed by atoms with E-state index in [2.05, 4.69) is 0 Å². The molecule has 1 aromatic rings. The van der Waals surface area contributed by atoms with Crippen LogP contribution >= 0.6 is 0 Å². The highest BCUT2D eigenvalue weighted by atomic mass is 19.1. The highest BCUT2D eigenvalue weighted by Gasteiger charge is 2.32. The maximum absolute atomic E-state index is 12.8. The molecular weight excluding hydrogens is 259 g/mol. The lowest BCUT2D eigenvalue weighted by Crippen LogP contribution is -2.56. The molecule has 0 aromatic heterocycles. The third kappa shape index (κ3) is 3.65. The van der Waals surface area contributed by atoms with Crippen molar-refractivity contribution in [3.05, 3.63) is 41.7 Å². The van der Waals surface area contributed by atoms with Crippen molar-refractivity contribution in [2.75, 3.05) is 19.7 Å². The summed E-state index contributed by atoms with van der Waals surface area (Å²) >= 11 is 0. The second kappa shape index (κ2) is 6.63. The largest absolute Gasteiger partial charge is 0.375 e. The van der Waals surface area contributed by atoms with E-state index in [1.165, 1.54) is 12.1 Å². The van der Waals surface area contributed by atoms with E-state index < -0.39 is 6.04 Å². The van der Waals surface area contributed by atoms with Gasteiger partial charge in [0.05, 0.1) is 12.7 Å². The fraction of sp³-hybridized carbons (Fsp3) is 0.400. The maximum Gasteiger partial charge on any atom is 0.237 e. The summed E-state index contributed by atoms with van der Waals surface area (Å²) in [6.45, 7) is 3.73. The average molecular weight is 278 g/mol. The molecular formula is C15H19FN2O2. The molecule has 1 aliphatic heterocycles. The van der Waals surface area contributed by atoms with Crippen molar-refractivity contribution in [3.8, 4) is 0 Å². The van der Waals surface area contributed by atoms with Crippen molar-refractivity contribution in [1.82, 2.24) is 4.90 Å². The van der Waals surface area contributed by atoms with Gasteiger partial charge in [-0.3, -0.25) is 9.69 Å². The Labute approximate surface area is 118 Å². The van der Waals surface area contributed by atoms with Crippen LogP contribution in [0.15, 0.2) is 30.3 Å². The van der Waals surface area contributed by atoms with Crippen LogP contribution in [0.3, 0.4) is 0 Å². The number of nitrogens with zero attached hydrogens (tertiary/aromatic N) is 1. The minimum Gasteiger partial charge on any atom is -0.375 e. The summed E-state index contributed by atoms with van der Waals surface area (Å²) in [6.07, 6.45) is 3.65. The van der Waals surface area contributed by atoms with Gasteiger partial charge < -0.3 is 10.5 Å². The number of nitrogens with two attached hydrogens (primary N) is 1. The Morgan fingerprint density at radius 2 is 2.20 bits per heavy atom. The van der Waals surface area contributed by atoms with Crippen molar-refractivity contribution in [3.63, 3.8) is 0 Å². The van der Waals surface area contributed by atoms with E-state index in [1.54, 1.807) is 12.1 Å². The molecule has 1 saturated heterocycles. The molecule has 1 amide bonds. The summed E-state index contributed by atoms with van der Waals surface area (Å²) in [7, 11) is 0. The Balaban J connectivity index is 1.97. The van der Waals surface area contributed by atoms with Crippen molar-refractivity contribution >= 4 is 12.0 Å². The molecule has 4 nitrogen and oxygen atoms in total. The van der Waals surface area contributed by atoms with E-state index in [-0.39, 0.29) is 17.8 Å². The standard InChI is InChI=1S/C15H19FN2O2/c1-11-14(15(17)19)18(9-10-20-11)8-2-3-12-4-6-13(16)7-5-12/h2-7,11,14H,8-10H2,1H3,(H2,17,19)/b3-2+/t11-,14+/m1/s1. The number of amides is 1. The second-order valence-electron chi connectivity index (χ2n) is 4.87. The van der Waals surface area contributed by atoms with E-state index in [0.29, 0.717) is 19.7 Å². The fourth-order valence-corrected chi connectivity index (χ4v) is 2.40. The molecule has 0 radical (unpaired) electrons. The van der Waals surface area contributed by atoms with Gasteiger partial charge in [0.25, 0.3) is 0 Å². The van der Waals surface area contributed by atoms with Gasteiger partial charge in [0.2, 0.25) is 5.91 Å². The first-order valence-corrected chi connectivity index (χ1v) is 6.65. The van der Waals surface area contributed by atoms with Crippen LogP contribution in [0.5, 0.6) is 0 Å². The van der Waals surface area contributed by atoms with Crippen LogP contribution in [0.4, 0.5) is 4.39 Å².